The number of rotatable bonds is 14. The average Bonchev–Trinajstić information content (AvgIpc) is 3.49. The molecule has 1 aromatic carbocycles. The van der Waals surface area contributed by atoms with Crippen LogP contribution in [-0.2, 0) is 16.0 Å². The van der Waals surface area contributed by atoms with E-state index >= 15 is 0 Å². The first-order valence-corrected chi connectivity index (χ1v) is 15.5. The van der Waals surface area contributed by atoms with Gasteiger partial charge in [0, 0.05) is 61.3 Å². The number of aliphatic hydroxyl groups is 4. The first-order valence-electron chi connectivity index (χ1n) is 14.7. The smallest absolute Gasteiger partial charge is 0.352 e. The molecular weight excluding hydrogens is 578 g/mol. The SMILES string of the molecule is NCCCN1CCN(CCCNC(=O)c2cc(NC(=O)Cc3cccs3)cc(OC3(O)OC(CO)C(O)CC3O)c2)CC1. The number of amides is 2. The van der Waals surface area contributed by atoms with Crippen molar-refractivity contribution in [3.05, 3.63) is 46.2 Å². The molecule has 8 N–H and O–H groups in total. The van der Waals surface area contributed by atoms with Crippen molar-refractivity contribution < 1.29 is 39.5 Å². The van der Waals surface area contributed by atoms with Crippen molar-refractivity contribution in [2.24, 2.45) is 5.73 Å². The minimum absolute atomic E-state index is 0.0683. The van der Waals surface area contributed by atoms with Crippen LogP contribution in [0, 0.1) is 0 Å². The van der Waals surface area contributed by atoms with Crippen molar-refractivity contribution in [2.75, 3.05) is 64.3 Å². The van der Waals surface area contributed by atoms with E-state index in [4.69, 9.17) is 15.2 Å². The largest absolute Gasteiger partial charge is 0.437 e. The van der Waals surface area contributed by atoms with Gasteiger partial charge in [-0.3, -0.25) is 9.59 Å². The molecule has 3 heterocycles. The number of hydrogen-bond acceptors (Lipinski definition) is 12. The summed E-state index contributed by atoms with van der Waals surface area (Å²) < 4.78 is 10.9. The van der Waals surface area contributed by atoms with Gasteiger partial charge in [-0.1, -0.05) is 6.07 Å². The first-order chi connectivity index (χ1) is 20.7. The van der Waals surface area contributed by atoms with Crippen molar-refractivity contribution >= 4 is 28.8 Å². The van der Waals surface area contributed by atoms with Crippen LogP contribution >= 0.6 is 11.3 Å². The Balaban J connectivity index is 1.39. The van der Waals surface area contributed by atoms with Crippen LogP contribution in [0.25, 0.3) is 0 Å². The normalized spacial score (nSPS) is 24.9. The zero-order valence-corrected chi connectivity index (χ0v) is 25.0. The third kappa shape index (κ3) is 9.66. The van der Waals surface area contributed by atoms with Crippen molar-refractivity contribution in [3.63, 3.8) is 0 Å². The second kappa shape index (κ2) is 15.9. The Bertz CT molecular complexity index is 1180. The highest BCUT2D eigenvalue weighted by atomic mass is 32.1. The first kappa shape index (κ1) is 33.2. The van der Waals surface area contributed by atoms with Crippen LogP contribution < -0.4 is 21.1 Å². The number of anilines is 1. The van der Waals surface area contributed by atoms with Gasteiger partial charge in [-0.05, 0) is 56.1 Å². The summed E-state index contributed by atoms with van der Waals surface area (Å²) in [6, 6.07) is 7.94. The summed E-state index contributed by atoms with van der Waals surface area (Å²) in [5.74, 6) is -3.40. The van der Waals surface area contributed by atoms with Gasteiger partial charge in [-0.15, -0.1) is 11.3 Å². The van der Waals surface area contributed by atoms with E-state index in [1.54, 1.807) is 0 Å². The average molecular weight is 622 g/mol. The molecule has 238 valence electrons. The zero-order chi connectivity index (χ0) is 30.8. The molecular formula is C29H43N5O8S. The van der Waals surface area contributed by atoms with Gasteiger partial charge in [-0.2, -0.15) is 0 Å². The fraction of sp³-hybridized carbons (Fsp3) is 0.586. The van der Waals surface area contributed by atoms with E-state index in [1.165, 1.54) is 29.5 Å². The molecule has 4 atom stereocenters. The van der Waals surface area contributed by atoms with Crippen molar-refractivity contribution in [1.29, 1.82) is 0 Å². The van der Waals surface area contributed by atoms with Gasteiger partial charge in [0.15, 0.2) is 6.10 Å². The number of carbonyl (C=O) groups is 2. The number of piperazine rings is 1. The van der Waals surface area contributed by atoms with E-state index in [0.29, 0.717) is 13.1 Å². The molecule has 14 heteroatoms. The number of benzene rings is 1. The Hall–Kier alpha value is -2.66. The highest BCUT2D eigenvalue weighted by molar-refractivity contribution is 7.10. The van der Waals surface area contributed by atoms with Crippen LogP contribution in [0.4, 0.5) is 5.69 Å². The van der Waals surface area contributed by atoms with Gasteiger partial charge in [-0.25, -0.2) is 0 Å². The van der Waals surface area contributed by atoms with Crippen LogP contribution in [0.2, 0.25) is 0 Å². The summed E-state index contributed by atoms with van der Waals surface area (Å²) in [6.45, 7) is 6.32. The number of carbonyl (C=O) groups excluding carboxylic acids is 2. The maximum absolute atomic E-state index is 13.1. The monoisotopic (exact) mass is 621 g/mol. The Labute approximate surface area is 255 Å². The molecule has 2 fully saturated rings. The number of ether oxygens (including phenoxy) is 2. The predicted molar refractivity (Wildman–Crippen MR) is 161 cm³/mol. The van der Waals surface area contributed by atoms with Crippen LogP contribution in [0.15, 0.2) is 35.7 Å². The summed E-state index contributed by atoms with van der Waals surface area (Å²) in [4.78, 5) is 31.5. The van der Waals surface area contributed by atoms with Crippen molar-refractivity contribution in [2.45, 2.75) is 50.0 Å². The molecule has 43 heavy (non-hydrogen) atoms. The number of thiophene rings is 1. The lowest BCUT2D eigenvalue weighted by Gasteiger charge is -2.41. The third-order valence-electron chi connectivity index (χ3n) is 7.53. The Kier molecular flexibility index (Phi) is 12.3. The van der Waals surface area contributed by atoms with Gasteiger partial charge in [0.2, 0.25) is 5.91 Å². The van der Waals surface area contributed by atoms with Crippen LogP contribution in [-0.4, -0.2) is 125 Å². The fourth-order valence-electron chi connectivity index (χ4n) is 5.12. The molecule has 0 saturated carbocycles. The maximum atomic E-state index is 13.1. The van der Waals surface area contributed by atoms with E-state index in [1.807, 2.05) is 17.5 Å². The lowest BCUT2D eigenvalue weighted by molar-refractivity contribution is -0.405. The van der Waals surface area contributed by atoms with E-state index < -0.39 is 36.8 Å². The molecule has 4 rings (SSSR count). The summed E-state index contributed by atoms with van der Waals surface area (Å²) in [5, 5.41) is 48.4. The molecule has 1 aromatic heterocycles. The number of nitrogens with two attached hydrogens (primary N) is 1. The second-order valence-corrected chi connectivity index (χ2v) is 11.9. The minimum Gasteiger partial charge on any atom is -0.437 e. The summed E-state index contributed by atoms with van der Waals surface area (Å²) in [6.07, 6.45) is -2.49. The molecule has 2 aliphatic rings. The Morgan fingerprint density at radius 1 is 1.12 bits per heavy atom. The minimum atomic E-state index is -2.60. The molecule has 2 saturated heterocycles. The van der Waals surface area contributed by atoms with Crippen molar-refractivity contribution in [1.82, 2.24) is 15.1 Å². The number of aliphatic hydroxyl groups excluding tert-OH is 3. The van der Waals surface area contributed by atoms with E-state index in [2.05, 4.69) is 20.4 Å². The van der Waals surface area contributed by atoms with Crippen LogP contribution in [0.5, 0.6) is 5.75 Å². The second-order valence-electron chi connectivity index (χ2n) is 10.9. The van der Waals surface area contributed by atoms with Gasteiger partial charge >= 0.3 is 5.97 Å². The highest BCUT2D eigenvalue weighted by Crippen LogP contribution is 2.32. The molecule has 0 aliphatic carbocycles. The number of hydrogen-bond donors (Lipinski definition) is 7. The van der Waals surface area contributed by atoms with Gasteiger partial charge < -0.3 is 56.1 Å². The van der Waals surface area contributed by atoms with Gasteiger partial charge in [0.05, 0.1) is 19.1 Å². The fourth-order valence-corrected chi connectivity index (χ4v) is 5.82. The Morgan fingerprint density at radius 2 is 1.84 bits per heavy atom. The number of nitrogens with zero attached hydrogens (tertiary/aromatic N) is 2. The molecule has 0 spiro atoms. The predicted octanol–water partition coefficient (Wildman–Crippen LogP) is -0.456. The molecule has 0 bridgehead atoms. The maximum Gasteiger partial charge on any atom is 0.352 e. The van der Waals surface area contributed by atoms with Gasteiger partial charge in [0.25, 0.3) is 5.91 Å². The standard InChI is InChI=1S/C29H43N5O8S/c30-5-2-7-33-9-11-34(12-10-33)8-3-6-31-28(39)20-14-21(32-27(38)17-23-4-1-13-43-23)16-22(15-20)41-29(40)26(37)18-24(36)25(19-35)42-29/h1,4,13-16,24-26,35-37,40H,2-3,5-12,17-19,30H2,(H,31,39)(H,32,38). The lowest BCUT2D eigenvalue weighted by Crippen LogP contribution is -2.60. The van der Waals surface area contributed by atoms with Crippen molar-refractivity contribution in [3.8, 4) is 5.75 Å². The zero-order valence-electron chi connectivity index (χ0n) is 24.2. The Morgan fingerprint density at radius 3 is 2.49 bits per heavy atom. The molecule has 2 aromatic rings. The summed E-state index contributed by atoms with van der Waals surface area (Å²) in [5.41, 5.74) is 6.01. The van der Waals surface area contributed by atoms with E-state index in [-0.39, 0.29) is 35.7 Å². The summed E-state index contributed by atoms with van der Waals surface area (Å²) >= 11 is 1.44. The molecule has 2 amide bonds. The molecule has 13 nitrogen and oxygen atoms in total. The van der Waals surface area contributed by atoms with Gasteiger partial charge in [0.1, 0.15) is 11.9 Å². The third-order valence-corrected chi connectivity index (χ3v) is 8.40. The molecule has 0 radical (unpaired) electrons. The van der Waals surface area contributed by atoms with E-state index in [9.17, 15) is 30.0 Å². The van der Waals surface area contributed by atoms with E-state index in [0.717, 1.165) is 57.0 Å². The topological polar surface area (TPSA) is 190 Å². The van der Waals surface area contributed by atoms with Crippen LogP contribution in [0.1, 0.15) is 34.5 Å². The molecule has 4 unspecified atom stereocenters. The number of nitrogens with one attached hydrogen (secondary N) is 2. The van der Waals surface area contributed by atoms with Crippen LogP contribution in [0.3, 0.4) is 0 Å². The highest BCUT2D eigenvalue weighted by Gasteiger charge is 2.49. The summed E-state index contributed by atoms with van der Waals surface area (Å²) in [7, 11) is 0. The quantitative estimate of drug-likeness (QED) is 0.107. The lowest BCUT2D eigenvalue weighted by atomic mass is 10.0. The molecule has 2 aliphatic heterocycles.